The number of halogens is 1. The summed E-state index contributed by atoms with van der Waals surface area (Å²) in [7, 11) is 0. The van der Waals surface area contributed by atoms with Gasteiger partial charge in [0.25, 0.3) is 0 Å². The molecule has 8 heteroatoms. The topological polar surface area (TPSA) is 85.1 Å². The largest absolute Gasteiger partial charge is 0.486 e. The molecule has 3 heterocycles. The van der Waals surface area contributed by atoms with E-state index in [2.05, 4.69) is 0 Å². The van der Waals surface area contributed by atoms with Crippen molar-refractivity contribution in [1.29, 1.82) is 0 Å². The van der Waals surface area contributed by atoms with Crippen LogP contribution in [-0.4, -0.2) is 55.6 Å². The van der Waals surface area contributed by atoms with Crippen molar-refractivity contribution >= 4 is 29.9 Å². The fraction of sp³-hybridized carbons (Fsp3) is 0.556. The molecule has 0 radical (unpaired) electrons. The molecule has 0 saturated carbocycles. The van der Waals surface area contributed by atoms with E-state index >= 15 is 0 Å². The highest BCUT2D eigenvalue weighted by atomic mass is 35.5. The van der Waals surface area contributed by atoms with Gasteiger partial charge in [-0.3, -0.25) is 9.59 Å². The minimum absolute atomic E-state index is 0. The molecule has 0 spiro atoms. The molecule has 2 fully saturated rings. The fourth-order valence-electron chi connectivity index (χ4n) is 3.80. The summed E-state index contributed by atoms with van der Waals surface area (Å²) in [4.78, 5) is 29.0. The van der Waals surface area contributed by atoms with Gasteiger partial charge in [-0.2, -0.15) is 0 Å². The number of piperidine rings is 1. The van der Waals surface area contributed by atoms with Crippen LogP contribution in [0.2, 0.25) is 0 Å². The highest BCUT2D eigenvalue weighted by Crippen LogP contribution is 2.36. The Morgan fingerprint density at radius 3 is 2.65 bits per heavy atom. The Morgan fingerprint density at radius 2 is 1.88 bits per heavy atom. The van der Waals surface area contributed by atoms with Crippen LogP contribution in [0.1, 0.15) is 19.3 Å². The van der Waals surface area contributed by atoms with Gasteiger partial charge in [0.05, 0.1) is 0 Å². The number of carbonyl (C=O) groups excluding carboxylic acids is 2. The molecule has 0 bridgehead atoms. The molecule has 2 N–H and O–H groups in total. The summed E-state index contributed by atoms with van der Waals surface area (Å²) >= 11 is 0. The first-order valence-corrected chi connectivity index (χ1v) is 8.89. The average Bonchev–Trinajstić information content (AvgIpc) is 3.02. The lowest BCUT2D eigenvalue weighted by molar-refractivity contribution is -0.140. The van der Waals surface area contributed by atoms with E-state index in [1.165, 1.54) is 0 Å². The molecule has 142 valence electrons. The number of anilines is 1. The number of likely N-dealkylation sites (tertiary alicyclic amines) is 1. The molecule has 0 aliphatic carbocycles. The number of benzene rings is 1. The van der Waals surface area contributed by atoms with Crippen molar-refractivity contribution in [3.05, 3.63) is 18.2 Å². The second-order valence-corrected chi connectivity index (χ2v) is 6.85. The Labute approximate surface area is 158 Å². The van der Waals surface area contributed by atoms with E-state index in [0.29, 0.717) is 50.8 Å². The van der Waals surface area contributed by atoms with Gasteiger partial charge in [0.2, 0.25) is 11.8 Å². The highest BCUT2D eigenvalue weighted by molar-refractivity contribution is 6.09. The van der Waals surface area contributed by atoms with Crippen molar-refractivity contribution in [3.8, 4) is 11.5 Å². The predicted molar refractivity (Wildman–Crippen MR) is 98.9 cm³/mol. The van der Waals surface area contributed by atoms with Crippen molar-refractivity contribution < 1.29 is 19.1 Å². The first-order valence-electron chi connectivity index (χ1n) is 8.89. The van der Waals surface area contributed by atoms with Gasteiger partial charge in [-0.05, 0) is 31.4 Å². The maximum absolute atomic E-state index is 12.8. The van der Waals surface area contributed by atoms with E-state index in [1.54, 1.807) is 9.80 Å². The van der Waals surface area contributed by atoms with Gasteiger partial charge in [0.15, 0.2) is 11.5 Å². The summed E-state index contributed by atoms with van der Waals surface area (Å²) in [5.41, 5.74) is 6.71. The molecule has 2 saturated heterocycles. The monoisotopic (exact) mass is 381 g/mol. The number of hydrogen-bond donors (Lipinski definition) is 1. The average molecular weight is 382 g/mol. The highest BCUT2D eigenvalue weighted by Gasteiger charge is 2.40. The number of carbonyl (C=O) groups is 2. The summed E-state index contributed by atoms with van der Waals surface area (Å²) in [5, 5.41) is 0. The zero-order valence-corrected chi connectivity index (χ0v) is 15.4. The molecule has 2 amide bonds. The molecular formula is C18H24ClN3O4. The first kappa shape index (κ1) is 18.8. The Morgan fingerprint density at radius 1 is 1.12 bits per heavy atom. The number of amides is 2. The van der Waals surface area contributed by atoms with Gasteiger partial charge in [-0.1, -0.05) is 0 Å². The molecule has 26 heavy (non-hydrogen) atoms. The van der Waals surface area contributed by atoms with Crippen molar-refractivity contribution in [2.75, 3.05) is 37.7 Å². The lowest BCUT2D eigenvalue weighted by atomic mass is 10.0. The number of nitrogens with zero attached hydrogens (tertiary/aromatic N) is 2. The Hall–Kier alpha value is -1.99. The third-order valence-electron chi connectivity index (χ3n) is 5.11. The minimum atomic E-state index is -0.599. The SMILES string of the molecule is Cl.NC1CCCN(C(=O)C2CCN(c3ccc4c(c3)OCCO4)C2=O)C1. The molecule has 4 rings (SSSR count). The molecule has 7 nitrogen and oxygen atoms in total. The van der Waals surface area contributed by atoms with E-state index in [9.17, 15) is 9.59 Å². The summed E-state index contributed by atoms with van der Waals surface area (Å²) in [6.45, 7) is 2.81. The van der Waals surface area contributed by atoms with Crippen LogP contribution in [0.3, 0.4) is 0 Å². The number of fused-ring (bicyclic) bond motifs is 1. The van der Waals surface area contributed by atoms with E-state index in [4.69, 9.17) is 15.2 Å². The van der Waals surface area contributed by atoms with Crippen LogP contribution in [0.4, 0.5) is 5.69 Å². The predicted octanol–water partition coefficient (Wildman–Crippen LogP) is 1.18. The maximum Gasteiger partial charge on any atom is 0.239 e. The van der Waals surface area contributed by atoms with Gasteiger partial charge < -0.3 is 25.0 Å². The van der Waals surface area contributed by atoms with Crippen LogP contribution in [-0.2, 0) is 9.59 Å². The molecule has 3 aliphatic rings. The summed E-state index contributed by atoms with van der Waals surface area (Å²) in [6.07, 6.45) is 2.38. The van der Waals surface area contributed by atoms with Crippen molar-refractivity contribution in [3.63, 3.8) is 0 Å². The fourth-order valence-corrected chi connectivity index (χ4v) is 3.80. The Balaban J connectivity index is 0.00000196. The van der Waals surface area contributed by atoms with Gasteiger partial charge in [-0.25, -0.2) is 0 Å². The third kappa shape index (κ3) is 3.46. The molecule has 3 aliphatic heterocycles. The van der Waals surface area contributed by atoms with Crippen LogP contribution in [0.15, 0.2) is 18.2 Å². The lowest BCUT2D eigenvalue weighted by Crippen LogP contribution is -2.49. The Kier molecular flexibility index (Phi) is 5.58. The van der Waals surface area contributed by atoms with Crippen LogP contribution < -0.4 is 20.1 Å². The van der Waals surface area contributed by atoms with Crippen molar-refractivity contribution in [2.24, 2.45) is 11.7 Å². The molecule has 1 aromatic rings. The van der Waals surface area contributed by atoms with Crippen LogP contribution in [0.5, 0.6) is 11.5 Å². The zero-order valence-electron chi connectivity index (χ0n) is 14.6. The van der Waals surface area contributed by atoms with Crippen LogP contribution in [0, 0.1) is 5.92 Å². The van der Waals surface area contributed by atoms with Gasteiger partial charge in [0.1, 0.15) is 19.1 Å². The molecule has 0 aromatic heterocycles. The van der Waals surface area contributed by atoms with Gasteiger partial charge in [-0.15, -0.1) is 12.4 Å². The first-order chi connectivity index (χ1) is 12.1. The minimum Gasteiger partial charge on any atom is -0.486 e. The van der Waals surface area contributed by atoms with Crippen molar-refractivity contribution in [1.82, 2.24) is 4.90 Å². The Bertz CT molecular complexity index is 699. The van der Waals surface area contributed by atoms with Crippen LogP contribution >= 0.6 is 12.4 Å². The second-order valence-electron chi connectivity index (χ2n) is 6.85. The van der Waals surface area contributed by atoms with E-state index in [1.807, 2.05) is 18.2 Å². The normalized spacial score (nSPS) is 25.0. The number of ether oxygens (including phenoxy) is 2. The molecule has 1 aromatic carbocycles. The zero-order chi connectivity index (χ0) is 17.4. The van der Waals surface area contributed by atoms with E-state index in [-0.39, 0.29) is 30.3 Å². The summed E-state index contributed by atoms with van der Waals surface area (Å²) in [6, 6.07) is 5.49. The number of rotatable bonds is 2. The van der Waals surface area contributed by atoms with E-state index < -0.39 is 5.92 Å². The quantitative estimate of drug-likeness (QED) is 0.777. The molecular weight excluding hydrogens is 358 g/mol. The lowest BCUT2D eigenvalue weighted by Gasteiger charge is -2.32. The second kappa shape index (κ2) is 7.72. The van der Waals surface area contributed by atoms with Crippen LogP contribution in [0.25, 0.3) is 0 Å². The van der Waals surface area contributed by atoms with Gasteiger partial charge in [0, 0.05) is 37.4 Å². The maximum atomic E-state index is 12.8. The molecule has 2 atom stereocenters. The van der Waals surface area contributed by atoms with Gasteiger partial charge >= 0.3 is 0 Å². The standard InChI is InChI=1S/C18H23N3O4.ClH/c19-12-2-1-6-20(11-12)17(22)14-5-7-21(18(14)23)13-3-4-15-16(10-13)25-9-8-24-15;/h3-4,10,12,14H,1-2,5-9,11,19H2;1H. The van der Waals surface area contributed by atoms with E-state index in [0.717, 1.165) is 18.5 Å². The molecule has 2 unspecified atom stereocenters. The number of hydrogen-bond acceptors (Lipinski definition) is 5. The summed E-state index contributed by atoms with van der Waals surface area (Å²) < 4.78 is 11.1. The summed E-state index contributed by atoms with van der Waals surface area (Å²) in [5.74, 6) is 0.518. The van der Waals surface area contributed by atoms with Crippen molar-refractivity contribution in [2.45, 2.75) is 25.3 Å². The number of nitrogens with two attached hydrogens (primary N) is 1. The smallest absolute Gasteiger partial charge is 0.239 e. The third-order valence-corrected chi connectivity index (χ3v) is 5.11.